The second-order valence-electron chi connectivity index (χ2n) is 4.09. The Bertz CT molecular complexity index is 199. The highest BCUT2D eigenvalue weighted by Gasteiger charge is 2.58. The number of nitrogens with one attached hydrogen (secondary N) is 1. The highest BCUT2D eigenvalue weighted by Crippen LogP contribution is 2.45. The van der Waals surface area contributed by atoms with E-state index in [0.29, 0.717) is 18.0 Å². The third-order valence-electron chi connectivity index (χ3n) is 3.75. The highest BCUT2D eigenvalue weighted by atomic mass is 16.5. The Balaban J connectivity index is 2.30. The van der Waals surface area contributed by atoms with E-state index in [-0.39, 0.29) is 11.6 Å². The van der Waals surface area contributed by atoms with Gasteiger partial charge in [0.05, 0.1) is 5.60 Å². The van der Waals surface area contributed by atoms with Gasteiger partial charge in [-0.05, 0) is 13.3 Å². The molecule has 2 saturated heterocycles. The van der Waals surface area contributed by atoms with Crippen molar-refractivity contribution < 1.29 is 4.74 Å². The van der Waals surface area contributed by atoms with Gasteiger partial charge in [0.1, 0.15) is 7.85 Å². The van der Waals surface area contributed by atoms with E-state index in [9.17, 15) is 0 Å². The summed E-state index contributed by atoms with van der Waals surface area (Å²) < 4.78 is 5.84. The Morgan fingerprint density at radius 1 is 1.50 bits per heavy atom. The van der Waals surface area contributed by atoms with Crippen molar-refractivity contribution in [3.05, 3.63) is 0 Å². The maximum absolute atomic E-state index is 5.85. The van der Waals surface area contributed by atoms with Gasteiger partial charge in [0.15, 0.2) is 0 Å². The van der Waals surface area contributed by atoms with Crippen molar-refractivity contribution in [2.75, 3.05) is 0 Å². The van der Waals surface area contributed by atoms with E-state index < -0.39 is 0 Å². The van der Waals surface area contributed by atoms with Crippen LogP contribution in [-0.2, 0) is 4.74 Å². The van der Waals surface area contributed by atoms with Gasteiger partial charge in [0.2, 0.25) is 0 Å². The van der Waals surface area contributed by atoms with Crippen LogP contribution in [0.2, 0.25) is 0 Å². The first-order chi connectivity index (χ1) is 5.62. The molecule has 2 nitrogen and oxygen atoms in total. The molecule has 0 aromatic carbocycles. The van der Waals surface area contributed by atoms with Crippen LogP contribution < -0.4 is 5.32 Å². The predicted molar refractivity (Wildman–Crippen MR) is 49.2 cm³/mol. The van der Waals surface area contributed by atoms with Crippen molar-refractivity contribution in [2.24, 2.45) is 5.92 Å². The van der Waals surface area contributed by atoms with Crippen LogP contribution in [0.25, 0.3) is 0 Å². The minimum atomic E-state index is -0.101. The lowest BCUT2D eigenvalue weighted by molar-refractivity contribution is -0.0638. The molecule has 0 spiro atoms. The summed E-state index contributed by atoms with van der Waals surface area (Å²) in [5.74, 6) is 0.549. The Morgan fingerprint density at radius 3 is 2.50 bits per heavy atom. The minimum absolute atomic E-state index is 0.00405. The molecule has 0 amide bonds. The fourth-order valence-electron chi connectivity index (χ4n) is 2.90. The van der Waals surface area contributed by atoms with Crippen LogP contribution in [0.5, 0.6) is 0 Å². The van der Waals surface area contributed by atoms with Gasteiger partial charge >= 0.3 is 0 Å². The summed E-state index contributed by atoms with van der Waals surface area (Å²) in [5.41, 5.74) is 0.00405. The molecule has 1 unspecified atom stereocenters. The predicted octanol–water partition coefficient (Wildman–Crippen LogP) is 0.656. The zero-order chi connectivity index (χ0) is 8.93. The van der Waals surface area contributed by atoms with Crippen LogP contribution in [-0.4, -0.2) is 31.5 Å². The van der Waals surface area contributed by atoms with Crippen molar-refractivity contribution in [1.29, 1.82) is 0 Å². The summed E-state index contributed by atoms with van der Waals surface area (Å²) in [6.45, 7) is 6.60. The summed E-state index contributed by atoms with van der Waals surface area (Å²) in [6.07, 6.45) is 1.05. The molecule has 66 valence electrons. The molecule has 1 N–H and O–H groups in total. The van der Waals surface area contributed by atoms with Crippen molar-refractivity contribution >= 4 is 7.85 Å². The minimum Gasteiger partial charge on any atom is -0.378 e. The first-order valence-electron chi connectivity index (χ1n) is 4.81. The first kappa shape index (κ1) is 8.58. The molecule has 2 aliphatic heterocycles. The molecule has 12 heavy (non-hydrogen) atoms. The molecular formula is C9H16BNO. The van der Waals surface area contributed by atoms with Crippen molar-refractivity contribution in [3.8, 4) is 0 Å². The molecule has 0 aromatic heterocycles. The maximum Gasteiger partial charge on any atom is 0.111 e. The lowest BCUT2D eigenvalue weighted by Crippen LogP contribution is -2.51. The van der Waals surface area contributed by atoms with Crippen LogP contribution in [0.4, 0.5) is 0 Å². The van der Waals surface area contributed by atoms with Gasteiger partial charge in [0.25, 0.3) is 0 Å². The molecule has 2 aliphatic rings. The summed E-state index contributed by atoms with van der Waals surface area (Å²) >= 11 is 0. The van der Waals surface area contributed by atoms with Crippen molar-refractivity contribution in [3.63, 3.8) is 0 Å². The zero-order valence-electron chi connectivity index (χ0n) is 8.00. The molecule has 0 saturated carbocycles. The fourth-order valence-corrected chi connectivity index (χ4v) is 2.90. The summed E-state index contributed by atoms with van der Waals surface area (Å²) in [4.78, 5) is 0. The van der Waals surface area contributed by atoms with Gasteiger partial charge in [-0.15, -0.1) is 0 Å². The molecule has 2 rings (SSSR count). The normalized spacial score (nSPS) is 57.9. The molecule has 2 radical (unpaired) electrons. The van der Waals surface area contributed by atoms with Gasteiger partial charge in [-0.1, -0.05) is 13.8 Å². The number of morpholine rings is 1. The average molecular weight is 165 g/mol. The topological polar surface area (TPSA) is 21.3 Å². The number of rotatable bonds is 1. The summed E-state index contributed by atoms with van der Waals surface area (Å²) in [7, 11) is 5.85. The van der Waals surface area contributed by atoms with Gasteiger partial charge in [-0.25, -0.2) is 0 Å². The summed E-state index contributed by atoms with van der Waals surface area (Å²) in [6, 6.07) is 0.707. The highest BCUT2D eigenvalue weighted by molar-refractivity contribution is 6.12. The van der Waals surface area contributed by atoms with Crippen LogP contribution in [0.3, 0.4) is 0 Å². The third kappa shape index (κ3) is 0.788. The lowest BCUT2D eigenvalue weighted by atomic mass is 9.82. The zero-order valence-corrected chi connectivity index (χ0v) is 8.00. The molecule has 0 aliphatic carbocycles. The number of hydrogen-bond donors (Lipinski definition) is 1. The Kier molecular flexibility index (Phi) is 1.78. The van der Waals surface area contributed by atoms with E-state index in [1.165, 1.54) is 0 Å². The Morgan fingerprint density at radius 2 is 2.17 bits per heavy atom. The Hall–Kier alpha value is -0.0151. The van der Waals surface area contributed by atoms with Crippen LogP contribution in [0, 0.1) is 5.92 Å². The van der Waals surface area contributed by atoms with E-state index in [0.717, 1.165) is 6.42 Å². The van der Waals surface area contributed by atoms with E-state index in [2.05, 4.69) is 26.1 Å². The second kappa shape index (κ2) is 2.49. The van der Waals surface area contributed by atoms with Gasteiger partial charge in [-0.2, -0.15) is 0 Å². The number of ether oxygens (including phenoxy) is 1. The van der Waals surface area contributed by atoms with Crippen molar-refractivity contribution in [1.82, 2.24) is 5.32 Å². The maximum atomic E-state index is 5.85. The average Bonchev–Trinajstić information content (AvgIpc) is 2.41. The SMILES string of the molecule is [B][C@@H]1O[C@]2(CC)C(C)[C@@H]1N[C@@H]2C. The third-order valence-corrected chi connectivity index (χ3v) is 3.75. The number of hydrogen-bond acceptors (Lipinski definition) is 2. The van der Waals surface area contributed by atoms with Gasteiger partial charge < -0.3 is 10.1 Å². The molecular weight excluding hydrogens is 149 g/mol. The molecule has 5 atom stereocenters. The molecule has 0 aromatic rings. The second-order valence-corrected chi connectivity index (χ2v) is 4.09. The van der Waals surface area contributed by atoms with E-state index >= 15 is 0 Å². The standard InChI is InChI=1S/C9H16BNO/c1-4-9-5(2)7(8(10)12-9)11-6(9)3/h5-8,11H,4H2,1-3H3/t5?,6-,7+,8-,9-/m1/s1. The largest absolute Gasteiger partial charge is 0.378 e. The monoisotopic (exact) mass is 165 g/mol. The fraction of sp³-hybridized carbons (Fsp3) is 1.00. The number of fused-ring (bicyclic) bond motifs is 2. The smallest absolute Gasteiger partial charge is 0.111 e. The van der Waals surface area contributed by atoms with Gasteiger partial charge in [-0.3, -0.25) is 0 Å². The van der Waals surface area contributed by atoms with E-state index in [1.807, 2.05) is 0 Å². The van der Waals surface area contributed by atoms with Crippen LogP contribution in [0.1, 0.15) is 27.2 Å². The van der Waals surface area contributed by atoms with Crippen LogP contribution in [0.15, 0.2) is 0 Å². The van der Waals surface area contributed by atoms with E-state index in [1.54, 1.807) is 0 Å². The molecule has 3 heteroatoms. The van der Waals surface area contributed by atoms with E-state index in [4.69, 9.17) is 12.6 Å². The quantitative estimate of drug-likeness (QED) is 0.576. The molecule has 2 heterocycles. The molecule has 2 bridgehead atoms. The summed E-state index contributed by atoms with van der Waals surface area (Å²) in [5, 5.41) is 3.49. The van der Waals surface area contributed by atoms with Gasteiger partial charge in [0, 0.05) is 24.0 Å². The Labute approximate surface area is 75.5 Å². The lowest BCUT2D eigenvalue weighted by Gasteiger charge is -2.36. The first-order valence-corrected chi connectivity index (χ1v) is 4.81. The van der Waals surface area contributed by atoms with Crippen LogP contribution >= 0.6 is 0 Å². The van der Waals surface area contributed by atoms with Crippen molar-refractivity contribution in [2.45, 2.75) is 50.9 Å². The molecule has 2 fully saturated rings.